The Bertz CT molecular complexity index is 591. The number of halogens is 2. The van der Waals surface area contributed by atoms with Gasteiger partial charge in [-0.3, -0.25) is 29.0 Å². The molecule has 0 bridgehead atoms. The summed E-state index contributed by atoms with van der Waals surface area (Å²) >= 11 is 6.16. The SMILES string of the molecule is O=C1C=C(Br)C(=O)N1C1CCC(N2C(=O)C=C(Br)C2=O)CC1. The molecule has 2 aliphatic heterocycles. The van der Waals surface area contributed by atoms with Crippen molar-refractivity contribution in [2.75, 3.05) is 0 Å². The maximum absolute atomic E-state index is 12.0. The highest BCUT2D eigenvalue weighted by Crippen LogP contribution is 2.33. The molecule has 0 atom stereocenters. The zero-order chi connectivity index (χ0) is 16.0. The Morgan fingerprint density at radius 2 is 1.05 bits per heavy atom. The van der Waals surface area contributed by atoms with Gasteiger partial charge in [0, 0.05) is 24.2 Å². The molecule has 22 heavy (non-hydrogen) atoms. The molecule has 1 saturated carbocycles. The lowest BCUT2D eigenvalue weighted by Gasteiger charge is -2.36. The maximum atomic E-state index is 12.0. The second kappa shape index (κ2) is 5.73. The summed E-state index contributed by atoms with van der Waals surface area (Å²) in [6, 6.07) is -0.349. The van der Waals surface area contributed by atoms with Crippen LogP contribution in [0.1, 0.15) is 25.7 Å². The van der Waals surface area contributed by atoms with Crippen molar-refractivity contribution in [3.05, 3.63) is 21.1 Å². The van der Waals surface area contributed by atoms with Crippen LogP contribution >= 0.6 is 31.9 Å². The van der Waals surface area contributed by atoms with Crippen molar-refractivity contribution in [2.24, 2.45) is 0 Å². The van der Waals surface area contributed by atoms with E-state index in [0.717, 1.165) is 0 Å². The Kier molecular flexibility index (Phi) is 4.07. The Morgan fingerprint density at radius 3 is 1.27 bits per heavy atom. The summed E-state index contributed by atoms with van der Waals surface area (Å²) < 4.78 is 0.551. The molecule has 1 fully saturated rings. The topological polar surface area (TPSA) is 74.8 Å². The smallest absolute Gasteiger partial charge is 0.268 e. The second-order valence-corrected chi connectivity index (χ2v) is 7.18. The molecule has 0 spiro atoms. The fourth-order valence-electron chi connectivity index (χ4n) is 3.18. The predicted molar refractivity (Wildman–Crippen MR) is 83.8 cm³/mol. The zero-order valence-corrected chi connectivity index (χ0v) is 14.6. The first kappa shape index (κ1) is 15.6. The molecule has 2 heterocycles. The van der Waals surface area contributed by atoms with Gasteiger partial charge in [-0.15, -0.1) is 0 Å². The normalized spacial score (nSPS) is 29.4. The summed E-state index contributed by atoms with van der Waals surface area (Å²) in [6.45, 7) is 0. The van der Waals surface area contributed by atoms with Crippen LogP contribution in [0.15, 0.2) is 21.1 Å². The monoisotopic (exact) mass is 430 g/mol. The molecule has 3 rings (SSSR count). The lowest BCUT2D eigenvalue weighted by atomic mass is 9.89. The molecule has 6 nitrogen and oxygen atoms in total. The third kappa shape index (κ3) is 2.48. The molecule has 4 amide bonds. The third-order valence-electron chi connectivity index (χ3n) is 4.22. The largest absolute Gasteiger partial charge is 0.271 e. The molecule has 0 aromatic carbocycles. The van der Waals surface area contributed by atoms with E-state index in [2.05, 4.69) is 31.9 Å². The maximum Gasteiger partial charge on any atom is 0.268 e. The zero-order valence-electron chi connectivity index (χ0n) is 11.4. The van der Waals surface area contributed by atoms with Gasteiger partial charge in [0.15, 0.2) is 0 Å². The van der Waals surface area contributed by atoms with Gasteiger partial charge < -0.3 is 0 Å². The van der Waals surface area contributed by atoms with Crippen LogP contribution < -0.4 is 0 Å². The first-order chi connectivity index (χ1) is 10.4. The van der Waals surface area contributed by atoms with Gasteiger partial charge >= 0.3 is 0 Å². The van der Waals surface area contributed by atoms with Gasteiger partial charge in [-0.1, -0.05) is 0 Å². The minimum absolute atomic E-state index is 0.174. The number of carbonyl (C=O) groups excluding carboxylic acids is 4. The summed E-state index contributed by atoms with van der Waals surface area (Å²) in [4.78, 5) is 50.1. The molecular weight excluding hydrogens is 420 g/mol. The fraction of sp³-hybridized carbons (Fsp3) is 0.429. The number of nitrogens with zero attached hydrogens (tertiary/aromatic N) is 2. The lowest BCUT2D eigenvalue weighted by Crippen LogP contribution is -2.48. The van der Waals surface area contributed by atoms with E-state index in [0.29, 0.717) is 25.7 Å². The Labute approximate surface area is 143 Å². The van der Waals surface area contributed by atoms with Gasteiger partial charge in [-0.05, 0) is 57.5 Å². The molecule has 0 aromatic heterocycles. The summed E-state index contributed by atoms with van der Waals surface area (Å²) in [5.41, 5.74) is 0. The van der Waals surface area contributed by atoms with Gasteiger partial charge in [0.1, 0.15) is 0 Å². The predicted octanol–water partition coefficient (Wildman–Crippen LogP) is 1.59. The van der Waals surface area contributed by atoms with E-state index >= 15 is 0 Å². The number of carbonyl (C=O) groups is 4. The van der Waals surface area contributed by atoms with Crippen molar-refractivity contribution in [1.29, 1.82) is 0 Å². The van der Waals surface area contributed by atoms with Crippen molar-refractivity contribution in [1.82, 2.24) is 9.80 Å². The van der Waals surface area contributed by atoms with Crippen LogP contribution in [0, 0.1) is 0 Å². The third-order valence-corrected chi connectivity index (χ3v) is 5.35. The van der Waals surface area contributed by atoms with Gasteiger partial charge in [-0.2, -0.15) is 0 Å². The first-order valence-electron chi connectivity index (χ1n) is 6.89. The molecule has 1 aliphatic carbocycles. The minimum atomic E-state index is -0.314. The quantitative estimate of drug-likeness (QED) is 0.622. The minimum Gasteiger partial charge on any atom is -0.271 e. The molecule has 0 aromatic rings. The van der Waals surface area contributed by atoms with Crippen molar-refractivity contribution < 1.29 is 19.2 Å². The summed E-state index contributed by atoms with van der Waals surface area (Å²) in [7, 11) is 0. The number of hydrogen-bond acceptors (Lipinski definition) is 4. The molecule has 0 unspecified atom stereocenters. The summed E-state index contributed by atoms with van der Waals surface area (Å²) in [5.74, 6) is -1.24. The molecule has 8 heteroatoms. The van der Waals surface area contributed by atoms with Crippen molar-refractivity contribution in [2.45, 2.75) is 37.8 Å². The van der Waals surface area contributed by atoms with E-state index in [1.807, 2.05) is 0 Å². The average molecular weight is 432 g/mol. The van der Waals surface area contributed by atoms with E-state index in [1.165, 1.54) is 22.0 Å². The molecule has 0 N–H and O–H groups in total. The summed E-state index contributed by atoms with van der Waals surface area (Å²) in [6.07, 6.45) is 4.91. The van der Waals surface area contributed by atoms with Crippen molar-refractivity contribution >= 4 is 55.5 Å². The van der Waals surface area contributed by atoms with E-state index in [-0.39, 0.29) is 44.7 Å². The molecule has 116 valence electrons. The van der Waals surface area contributed by atoms with Crippen molar-refractivity contribution in [3.63, 3.8) is 0 Å². The van der Waals surface area contributed by atoms with Crippen LogP contribution in [0.3, 0.4) is 0 Å². The van der Waals surface area contributed by atoms with E-state index in [1.54, 1.807) is 0 Å². The lowest BCUT2D eigenvalue weighted by molar-refractivity contribution is -0.144. The number of imide groups is 2. The van der Waals surface area contributed by atoms with Crippen molar-refractivity contribution in [3.8, 4) is 0 Å². The number of amides is 4. The van der Waals surface area contributed by atoms with Gasteiger partial charge in [0.25, 0.3) is 23.6 Å². The fourth-order valence-corrected chi connectivity index (χ4v) is 3.95. The molecule has 0 radical (unpaired) electrons. The van der Waals surface area contributed by atoms with Gasteiger partial charge in [0.05, 0.1) is 8.96 Å². The molecular formula is C14H12Br2N2O4. The number of hydrogen-bond donors (Lipinski definition) is 0. The van der Waals surface area contributed by atoms with E-state index < -0.39 is 0 Å². The molecule has 3 aliphatic rings. The van der Waals surface area contributed by atoms with Gasteiger partial charge in [-0.25, -0.2) is 0 Å². The van der Waals surface area contributed by atoms with Crippen LogP contribution in [0.2, 0.25) is 0 Å². The van der Waals surface area contributed by atoms with Crippen LogP contribution in [0.25, 0.3) is 0 Å². The second-order valence-electron chi connectivity index (χ2n) is 5.47. The van der Waals surface area contributed by atoms with Crippen LogP contribution in [-0.2, 0) is 19.2 Å². The van der Waals surface area contributed by atoms with Gasteiger partial charge in [0.2, 0.25) is 0 Å². The first-order valence-corrected chi connectivity index (χ1v) is 8.48. The summed E-state index contributed by atoms with van der Waals surface area (Å²) in [5, 5.41) is 0. The Morgan fingerprint density at radius 1 is 0.727 bits per heavy atom. The Hall–Kier alpha value is -1.28. The average Bonchev–Trinajstić information content (AvgIpc) is 2.87. The van der Waals surface area contributed by atoms with E-state index in [4.69, 9.17) is 0 Å². The van der Waals surface area contributed by atoms with Crippen LogP contribution in [-0.4, -0.2) is 45.5 Å². The van der Waals surface area contributed by atoms with E-state index in [9.17, 15) is 19.2 Å². The van der Waals surface area contributed by atoms with Crippen LogP contribution in [0.5, 0.6) is 0 Å². The number of rotatable bonds is 2. The Balaban J connectivity index is 1.65. The highest BCUT2D eigenvalue weighted by molar-refractivity contribution is 9.12. The highest BCUT2D eigenvalue weighted by Gasteiger charge is 2.41. The standard InChI is InChI=1S/C14H12Br2N2O4/c15-9-5-11(19)17(13(9)21)7-1-2-8(4-3-7)18-12(20)6-10(16)14(18)22/h5-8H,1-4H2. The van der Waals surface area contributed by atoms with Crippen LogP contribution in [0.4, 0.5) is 0 Å². The highest BCUT2D eigenvalue weighted by atomic mass is 79.9. The molecule has 0 saturated heterocycles.